The van der Waals surface area contributed by atoms with Crippen LogP contribution >= 0.6 is 0 Å². The second-order valence-electron chi connectivity index (χ2n) is 8.15. The van der Waals surface area contributed by atoms with E-state index in [2.05, 4.69) is 26.2 Å². The van der Waals surface area contributed by atoms with Gasteiger partial charge in [-0.05, 0) is 65.7 Å². The summed E-state index contributed by atoms with van der Waals surface area (Å²) in [7, 11) is -1.93. The lowest BCUT2D eigenvalue weighted by atomic mass is 9.99. The van der Waals surface area contributed by atoms with Crippen LogP contribution in [0, 0.1) is 0 Å². The lowest BCUT2D eigenvalue weighted by Gasteiger charge is -2.26. The number of nitrogens with one attached hydrogen (secondary N) is 2. The predicted molar refractivity (Wildman–Crippen MR) is 114 cm³/mol. The number of ether oxygens (including phenoxy) is 1. The van der Waals surface area contributed by atoms with Crippen LogP contribution in [-0.4, -0.2) is 41.7 Å². The summed E-state index contributed by atoms with van der Waals surface area (Å²) in [6.45, 7) is 0.566. The maximum absolute atomic E-state index is 12.8. The summed E-state index contributed by atoms with van der Waals surface area (Å²) in [5.41, 5.74) is 5.91. The zero-order valence-corrected chi connectivity index (χ0v) is 18.0. The first kappa shape index (κ1) is 20.4. The highest BCUT2D eigenvalue weighted by molar-refractivity contribution is 7.75. The van der Waals surface area contributed by atoms with Crippen molar-refractivity contribution in [2.45, 2.75) is 56.0 Å². The summed E-state index contributed by atoms with van der Waals surface area (Å²) in [6, 6.07) is 1.60. The van der Waals surface area contributed by atoms with E-state index in [9.17, 15) is 13.4 Å². The summed E-state index contributed by atoms with van der Waals surface area (Å²) < 4.78 is 36.3. The highest BCUT2D eigenvalue weighted by Crippen LogP contribution is 2.38. The molecule has 1 aliphatic heterocycles. The van der Waals surface area contributed by atoms with E-state index in [1.807, 2.05) is 0 Å². The number of alkyl halides is 1. The summed E-state index contributed by atoms with van der Waals surface area (Å²) in [6.07, 6.45) is 7.56. The van der Waals surface area contributed by atoms with Crippen LogP contribution in [0.2, 0.25) is 0 Å². The molecule has 31 heavy (non-hydrogen) atoms. The Morgan fingerprint density at radius 3 is 2.71 bits per heavy atom. The molecule has 2 amide bonds. The first-order valence-corrected chi connectivity index (χ1v) is 11.8. The van der Waals surface area contributed by atoms with E-state index >= 15 is 0 Å². The SMILES string of the molecule is O=C(N=[S-](=O)c1cnn2c1OCC(NCCF)C2)Nc1c2c(cc3c1CCC3)CCC2. The average Bonchev–Trinajstić information content (AvgIpc) is 3.50. The third-order valence-electron chi connectivity index (χ3n) is 6.16. The minimum absolute atomic E-state index is 0.0769. The Labute approximate surface area is 181 Å². The predicted octanol–water partition coefficient (Wildman–Crippen LogP) is 2.92. The minimum atomic E-state index is -1.93. The van der Waals surface area contributed by atoms with Crippen molar-refractivity contribution in [2.24, 2.45) is 4.36 Å². The van der Waals surface area contributed by atoms with Crippen molar-refractivity contribution in [3.05, 3.63) is 34.5 Å². The zero-order chi connectivity index (χ0) is 21.4. The second-order valence-corrected chi connectivity index (χ2v) is 9.27. The van der Waals surface area contributed by atoms with Crippen molar-refractivity contribution in [1.29, 1.82) is 0 Å². The van der Waals surface area contributed by atoms with Gasteiger partial charge >= 0.3 is 6.03 Å². The van der Waals surface area contributed by atoms with Crippen molar-refractivity contribution in [2.75, 3.05) is 25.1 Å². The molecule has 3 aliphatic rings. The minimum Gasteiger partial charge on any atom is -0.477 e. The van der Waals surface area contributed by atoms with Crippen LogP contribution in [0.1, 0.15) is 35.1 Å². The number of urea groups is 1. The molecule has 0 fully saturated rings. The number of carbonyl (C=O) groups excluding carboxylic acids is 1. The Bertz CT molecular complexity index is 1080. The van der Waals surface area contributed by atoms with Crippen molar-refractivity contribution in [3.8, 4) is 5.88 Å². The number of anilines is 1. The van der Waals surface area contributed by atoms with Gasteiger partial charge < -0.3 is 23.9 Å². The normalized spacial score (nSPS) is 20.1. The van der Waals surface area contributed by atoms with Gasteiger partial charge in [0.05, 0.1) is 12.6 Å². The highest BCUT2D eigenvalue weighted by Gasteiger charge is 2.25. The number of aromatic nitrogens is 2. The Hall–Kier alpha value is -2.46. The molecule has 2 aromatic rings. The zero-order valence-electron chi connectivity index (χ0n) is 17.2. The monoisotopic (exact) mass is 446 g/mol. The smallest absolute Gasteiger partial charge is 0.322 e. The molecule has 166 valence electrons. The van der Waals surface area contributed by atoms with Crippen LogP contribution < -0.4 is 15.4 Å². The Balaban J connectivity index is 1.35. The van der Waals surface area contributed by atoms with E-state index in [0.29, 0.717) is 19.0 Å². The highest BCUT2D eigenvalue weighted by atomic mass is 32.2. The summed E-state index contributed by atoms with van der Waals surface area (Å²) >= 11 is 0. The van der Waals surface area contributed by atoms with Crippen LogP contribution in [0.5, 0.6) is 5.88 Å². The first-order chi connectivity index (χ1) is 15.1. The summed E-state index contributed by atoms with van der Waals surface area (Å²) in [4.78, 5) is 12.9. The van der Waals surface area contributed by atoms with E-state index in [1.165, 1.54) is 28.5 Å². The van der Waals surface area contributed by atoms with E-state index in [0.717, 1.165) is 44.2 Å². The molecule has 1 atom stereocenters. The van der Waals surface area contributed by atoms with Crippen molar-refractivity contribution in [1.82, 2.24) is 15.1 Å². The van der Waals surface area contributed by atoms with E-state index < -0.39 is 23.3 Å². The third-order valence-corrected chi connectivity index (χ3v) is 7.15. The Kier molecular flexibility index (Phi) is 5.66. The van der Waals surface area contributed by atoms with Gasteiger partial charge in [-0.3, -0.25) is 0 Å². The maximum Gasteiger partial charge on any atom is 0.322 e. The maximum atomic E-state index is 12.8. The lowest BCUT2D eigenvalue weighted by molar-refractivity contribution is 0.177. The van der Waals surface area contributed by atoms with Crippen molar-refractivity contribution < 1.29 is 18.1 Å². The number of nitrogens with zero attached hydrogens (tertiary/aromatic N) is 3. The summed E-state index contributed by atoms with van der Waals surface area (Å²) in [5, 5.41) is 10.2. The van der Waals surface area contributed by atoms with Gasteiger partial charge in [-0.25, -0.2) is 13.9 Å². The van der Waals surface area contributed by atoms with Crippen molar-refractivity contribution >= 4 is 22.3 Å². The van der Waals surface area contributed by atoms with Gasteiger partial charge in [-0.1, -0.05) is 6.07 Å². The molecular formula is C21H25FN5O3S-. The fourth-order valence-electron chi connectivity index (χ4n) is 4.80. The number of rotatable bonds is 5. The van der Waals surface area contributed by atoms with Crippen LogP contribution in [0.25, 0.3) is 0 Å². The first-order valence-electron chi connectivity index (χ1n) is 10.7. The van der Waals surface area contributed by atoms with Crippen molar-refractivity contribution in [3.63, 3.8) is 0 Å². The fourth-order valence-corrected chi connectivity index (χ4v) is 5.54. The number of carbonyl (C=O) groups is 1. The van der Waals surface area contributed by atoms with Gasteiger partial charge in [-0.2, -0.15) is 5.10 Å². The molecule has 2 N–H and O–H groups in total. The topological polar surface area (TPSA) is 97.6 Å². The molecule has 2 heterocycles. The fraction of sp³-hybridized carbons (Fsp3) is 0.524. The third kappa shape index (κ3) is 3.94. The number of hydrogen-bond donors (Lipinski definition) is 2. The Morgan fingerprint density at radius 1 is 1.26 bits per heavy atom. The van der Waals surface area contributed by atoms with Crippen LogP contribution in [-0.2, 0) is 47.0 Å². The molecule has 8 nitrogen and oxygen atoms in total. The lowest BCUT2D eigenvalue weighted by Crippen LogP contribution is -2.42. The average molecular weight is 447 g/mol. The molecule has 1 unspecified atom stereocenters. The molecule has 0 saturated carbocycles. The number of aryl methyl sites for hydroxylation is 2. The number of hydrogen-bond acceptors (Lipinski definition) is 6. The van der Waals surface area contributed by atoms with Crippen LogP contribution in [0.3, 0.4) is 0 Å². The standard InChI is InChI=1S/C21H25FN5O3S/c22-7-8-23-15-11-27-20(30-12-15)18(10-24-27)31(29)26-21(28)25-19-16-5-1-3-13(16)9-14-4-2-6-17(14)19/h9-10,15,23H,1-8,11-12H2,(H,25,28)/q-1. The van der Waals surface area contributed by atoms with Gasteiger partial charge in [0.25, 0.3) is 0 Å². The van der Waals surface area contributed by atoms with Crippen LogP contribution in [0.15, 0.2) is 21.5 Å². The molecule has 5 rings (SSSR count). The molecule has 1 aromatic carbocycles. The Morgan fingerprint density at radius 2 is 2.00 bits per heavy atom. The van der Waals surface area contributed by atoms with Crippen LogP contribution in [0.4, 0.5) is 14.9 Å². The molecule has 0 saturated heterocycles. The number of fused-ring (bicyclic) bond motifs is 3. The number of benzene rings is 1. The van der Waals surface area contributed by atoms with E-state index in [1.54, 1.807) is 4.68 Å². The number of halogens is 1. The van der Waals surface area contributed by atoms with Gasteiger partial charge in [0.1, 0.15) is 13.3 Å². The molecule has 2 aliphatic carbocycles. The molecule has 0 radical (unpaired) electrons. The molecular weight excluding hydrogens is 421 g/mol. The quantitative estimate of drug-likeness (QED) is 0.689. The van der Waals surface area contributed by atoms with Gasteiger partial charge in [0, 0.05) is 18.4 Å². The van der Waals surface area contributed by atoms with E-state index in [4.69, 9.17) is 4.74 Å². The van der Waals surface area contributed by atoms with Gasteiger partial charge in [0.2, 0.25) is 0 Å². The van der Waals surface area contributed by atoms with Gasteiger partial charge in [0.15, 0.2) is 5.88 Å². The summed E-state index contributed by atoms with van der Waals surface area (Å²) in [5.74, 6) is 0.342. The number of amides is 2. The molecule has 0 bridgehead atoms. The molecule has 1 aromatic heterocycles. The largest absolute Gasteiger partial charge is 0.477 e. The van der Waals surface area contributed by atoms with Gasteiger partial charge in [-0.15, -0.1) is 10.6 Å². The van der Waals surface area contributed by atoms with E-state index in [-0.39, 0.29) is 17.5 Å². The second kappa shape index (κ2) is 8.58. The molecule has 0 spiro atoms. The molecule has 10 heteroatoms.